The molecule has 0 aromatic heterocycles. The molecule has 0 saturated heterocycles. The van der Waals surface area contributed by atoms with Crippen molar-refractivity contribution < 1.29 is 9.90 Å². The fourth-order valence-corrected chi connectivity index (χ4v) is 2.28. The van der Waals surface area contributed by atoms with Crippen LogP contribution in [0, 0.1) is 0 Å². The highest BCUT2D eigenvalue weighted by Gasteiger charge is 2.09. The number of amides is 1. The van der Waals surface area contributed by atoms with E-state index in [4.69, 9.17) is 5.73 Å². The van der Waals surface area contributed by atoms with E-state index in [2.05, 4.69) is 5.32 Å². The van der Waals surface area contributed by atoms with Crippen molar-refractivity contribution in [1.82, 2.24) is 0 Å². The van der Waals surface area contributed by atoms with Crippen LogP contribution in [0.25, 0.3) is 11.1 Å². The SMILES string of the molecule is Nc1ccc(-c2ccccc2)cc1NC(=O)c1ccc(O)cc1. The highest BCUT2D eigenvalue weighted by molar-refractivity contribution is 6.06. The maximum atomic E-state index is 12.3. The molecule has 3 rings (SSSR count). The highest BCUT2D eigenvalue weighted by atomic mass is 16.3. The first-order valence-corrected chi connectivity index (χ1v) is 7.19. The normalized spacial score (nSPS) is 10.3. The first kappa shape index (κ1) is 14.7. The van der Waals surface area contributed by atoms with Crippen molar-refractivity contribution in [2.45, 2.75) is 0 Å². The van der Waals surface area contributed by atoms with Crippen LogP contribution in [0.2, 0.25) is 0 Å². The second kappa shape index (κ2) is 6.23. The molecule has 0 spiro atoms. The van der Waals surface area contributed by atoms with Gasteiger partial charge in [-0.2, -0.15) is 0 Å². The van der Waals surface area contributed by atoms with Crippen LogP contribution in [-0.2, 0) is 0 Å². The van der Waals surface area contributed by atoms with E-state index in [-0.39, 0.29) is 11.7 Å². The van der Waals surface area contributed by atoms with Crippen molar-refractivity contribution in [3.05, 3.63) is 78.4 Å². The first-order valence-electron chi connectivity index (χ1n) is 7.19. The maximum Gasteiger partial charge on any atom is 0.255 e. The number of nitrogens with one attached hydrogen (secondary N) is 1. The summed E-state index contributed by atoms with van der Waals surface area (Å²) in [7, 11) is 0. The number of rotatable bonds is 3. The van der Waals surface area contributed by atoms with Gasteiger partial charge in [0.1, 0.15) is 5.75 Å². The second-order valence-corrected chi connectivity index (χ2v) is 5.17. The van der Waals surface area contributed by atoms with Gasteiger partial charge < -0.3 is 16.2 Å². The second-order valence-electron chi connectivity index (χ2n) is 5.17. The summed E-state index contributed by atoms with van der Waals surface area (Å²) >= 11 is 0. The molecule has 0 saturated carbocycles. The molecule has 0 atom stereocenters. The molecule has 0 fully saturated rings. The summed E-state index contributed by atoms with van der Waals surface area (Å²) in [6.45, 7) is 0. The topological polar surface area (TPSA) is 75.3 Å². The predicted octanol–water partition coefficient (Wildman–Crippen LogP) is 3.89. The number of carbonyl (C=O) groups is 1. The third-order valence-electron chi connectivity index (χ3n) is 3.54. The van der Waals surface area contributed by atoms with Gasteiger partial charge in [0, 0.05) is 5.56 Å². The lowest BCUT2D eigenvalue weighted by Gasteiger charge is -2.11. The zero-order chi connectivity index (χ0) is 16.2. The Morgan fingerprint density at radius 3 is 2.26 bits per heavy atom. The summed E-state index contributed by atoms with van der Waals surface area (Å²) in [5.74, 6) is -0.158. The average molecular weight is 304 g/mol. The Bertz CT molecular complexity index is 828. The molecule has 0 bridgehead atoms. The third-order valence-corrected chi connectivity index (χ3v) is 3.54. The fourth-order valence-electron chi connectivity index (χ4n) is 2.28. The van der Waals surface area contributed by atoms with Crippen LogP contribution in [0.5, 0.6) is 5.75 Å². The molecule has 4 nitrogen and oxygen atoms in total. The van der Waals surface area contributed by atoms with Gasteiger partial charge in [-0.1, -0.05) is 36.4 Å². The van der Waals surface area contributed by atoms with Crippen molar-refractivity contribution in [2.24, 2.45) is 0 Å². The summed E-state index contributed by atoms with van der Waals surface area (Å²) < 4.78 is 0. The molecule has 0 heterocycles. The van der Waals surface area contributed by atoms with E-state index in [0.29, 0.717) is 16.9 Å². The fraction of sp³-hybridized carbons (Fsp3) is 0. The first-order chi connectivity index (χ1) is 11.1. The number of phenolic OH excluding ortho intramolecular Hbond substituents is 1. The molecular weight excluding hydrogens is 288 g/mol. The minimum atomic E-state index is -0.276. The van der Waals surface area contributed by atoms with Gasteiger partial charge in [-0.05, 0) is 47.5 Å². The molecule has 0 aliphatic carbocycles. The summed E-state index contributed by atoms with van der Waals surface area (Å²) in [6.07, 6.45) is 0. The standard InChI is InChI=1S/C19H16N2O2/c20-17-11-8-15(13-4-2-1-3-5-13)12-18(17)21-19(23)14-6-9-16(22)10-7-14/h1-12,22H,20H2,(H,21,23). The smallest absolute Gasteiger partial charge is 0.255 e. The highest BCUT2D eigenvalue weighted by Crippen LogP contribution is 2.27. The van der Waals surface area contributed by atoms with E-state index in [9.17, 15) is 9.90 Å². The van der Waals surface area contributed by atoms with Crippen LogP contribution in [0.1, 0.15) is 10.4 Å². The molecule has 0 aliphatic rings. The number of benzene rings is 3. The molecule has 1 amide bonds. The lowest BCUT2D eigenvalue weighted by Crippen LogP contribution is -2.13. The van der Waals surface area contributed by atoms with Crippen molar-refractivity contribution in [3.63, 3.8) is 0 Å². The minimum absolute atomic E-state index is 0.118. The number of carbonyl (C=O) groups excluding carboxylic acids is 1. The Hall–Kier alpha value is -3.27. The quantitative estimate of drug-likeness (QED) is 0.642. The Balaban J connectivity index is 1.88. The lowest BCUT2D eigenvalue weighted by molar-refractivity contribution is 0.102. The number of nitrogens with two attached hydrogens (primary N) is 1. The van der Waals surface area contributed by atoms with Gasteiger partial charge in [-0.3, -0.25) is 4.79 Å². The van der Waals surface area contributed by atoms with Crippen LogP contribution in [0.3, 0.4) is 0 Å². The van der Waals surface area contributed by atoms with E-state index in [0.717, 1.165) is 11.1 Å². The van der Waals surface area contributed by atoms with Gasteiger partial charge >= 0.3 is 0 Å². The van der Waals surface area contributed by atoms with Gasteiger partial charge in [-0.15, -0.1) is 0 Å². The molecule has 4 N–H and O–H groups in total. The summed E-state index contributed by atoms with van der Waals surface area (Å²) in [5.41, 5.74) is 9.49. The van der Waals surface area contributed by atoms with E-state index in [1.165, 1.54) is 12.1 Å². The molecule has 23 heavy (non-hydrogen) atoms. The van der Waals surface area contributed by atoms with E-state index in [1.807, 2.05) is 42.5 Å². The predicted molar refractivity (Wildman–Crippen MR) is 92.4 cm³/mol. The van der Waals surface area contributed by atoms with Crippen LogP contribution in [0.15, 0.2) is 72.8 Å². The molecule has 3 aromatic carbocycles. The van der Waals surface area contributed by atoms with Crippen molar-refractivity contribution in [3.8, 4) is 16.9 Å². The molecule has 3 aromatic rings. The van der Waals surface area contributed by atoms with Crippen LogP contribution in [0.4, 0.5) is 11.4 Å². The van der Waals surface area contributed by atoms with E-state index < -0.39 is 0 Å². The van der Waals surface area contributed by atoms with Gasteiger partial charge in [0.05, 0.1) is 11.4 Å². The monoisotopic (exact) mass is 304 g/mol. The van der Waals surface area contributed by atoms with Gasteiger partial charge in [-0.25, -0.2) is 0 Å². The van der Waals surface area contributed by atoms with E-state index >= 15 is 0 Å². The number of aromatic hydroxyl groups is 1. The largest absolute Gasteiger partial charge is 0.508 e. The van der Waals surface area contributed by atoms with Crippen LogP contribution >= 0.6 is 0 Å². The zero-order valence-corrected chi connectivity index (χ0v) is 12.4. The molecule has 114 valence electrons. The van der Waals surface area contributed by atoms with Gasteiger partial charge in [0.15, 0.2) is 0 Å². The summed E-state index contributed by atoms with van der Waals surface area (Å²) in [5, 5.41) is 12.1. The number of nitrogen functional groups attached to an aromatic ring is 1. The number of hydrogen-bond donors (Lipinski definition) is 3. The van der Waals surface area contributed by atoms with Crippen LogP contribution in [-0.4, -0.2) is 11.0 Å². The Labute approximate surface area is 134 Å². The van der Waals surface area contributed by atoms with Crippen molar-refractivity contribution in [2.75, 3.05) is 11.1 Å². The number of anilines is 2. The Kier molecular flexibility index (Phi) is 3.97. The van der Waals surface area contributed by atoms with Gasteiger partial charge in [0.25, 0.3) is 5.91 Å². The number of hydrogen-bond acceptors (Lipinski definition) is 3. The van der Waals surface area contributed by atoms with Crippen LogP contribution < -0.4 is 11.1 Å². The minimum Gasteiger partial charge on any atom is -0.508 e. The van der Waals surface area contributed by atoms with Gasteiger partial charge in [0.2, 0.25) is 0 Å². The lowest BCUT2D eigenvalue weighted by atomic mass is 10.0. The van der Waals surface area contributed by atoms with Crippen molar-refractivity contribution >= 4 is 17.3 Å². The van der Waals surface area contributed by atoms with E-state index in [1.54, 1.807) is 18.2 Å². The molecule has 4 heteroatoms. The van der Waals surface area contributed by atoms with Crippen molar-refractivity contribution in [1.29, 1.82) is 0 Å². The maximum absolute atomic E-state index is 12.3. The summed E-state index contributed by atoms with van der Waals surface area (Å²) in [4.78, 5) is 12.3. The number of phenols is 1. The third kappa shape index (κ3) is 3.32. The molecule has 0 radical (unpaired) electrons. The molecular formula is C19H16N2O2. The molecule has 0 aliphatic heterocycles. The summed E-state index contributed by atoms with van der Waals surface area (Å²) in [6, 6.07) is 21.5. The Morgan fingerprint density at radius 2 is 1.57 bits per heavy atom. The zero-order valence-electron chi connectivity index (χ0n) is 12.4. The average Bonchev–Trinajstić information content (AvgIpc) is 2.58. The Morgan fingerprint density at radius 1 is 0.870 bits per heavy atom. The molecule has 0 unspecified atom stereocenters.